The van der Waals surface area contributed by atoms with Crippen molar-refractivity contribution in [3.63, 3.8) is 0 Å². The van der Waals surface area contributed by atoms with Gasteiger partial charge in [0.2, 0.25) is 11.8 Å². The van der Waals surface area contributed by atoms with E-state index < -0.39 is 6.04 Å². The van der Waals surface area contributed by atoms with Crippen molar-refractivity contribution >= 4 is 52.2 Å². The number of halogens is 2. The lowest BCUT2D eigenvalue weighted by Crippen LogP contribution is -2.28. The molecule has 3 aromatic rings. The summed E-state index contributed by atoms with van der Waals surface area (Å²) in [6.07, 6.45) is 2.80. The van der Waals surface area contributed by atoms with Crippen LogP contribution in [0.2, 0.25) is 10.0 Å². The zero-order valence-corrected chi connectivity index (χ0v) is 20.3. The topological polar surface area (TPSA) is 101 Å². The van der Waals surface area contributed by atoms with E-state index >= 15 is 0 Å². The molecule has 0 radical (unpaired) electrons. The number of amides is 2. The molecule has 2 atom stereocenters. The first-order chi connectivity index (χ1) is 16.9. The van der Waals surface area contributed by atoms with Crippen LogP contribution >= 0.6 is 23.2 Å². The Morgan fingerprint density at radius 1 is 1.14 bits per heavy atom. The van der Waals surface area contributed by atoms with Crippen LogP contribution in [0.15, 0.2) is 65.8 Å². The highest BCUT2D eigenvalue weighted by Crippen LogP contribution is 2.30. The van der Waals surface area contributed by atoms with Crippen molar-refractivity contribution in [3.8, 4) is 0 Å². The fraction of sp³-hybridized carbons (Fsp3) is 0.231. The summed E-state index contributed by atoms with van der Waals surface area (Å²) in [6.45, 7) is 1.27. The maximum Gasteiger partial charge on any atom is 0.249 e. The Bertz CT molecular complexity index is 1330. The van der Waals surface area contributed by atoms with Gasteiger partial charge in [-0.15, -0.1) is 0 Å². The molecule has 9 heteroatoms. The van der Waals surface area contributed by atoms with Gasteiger partial charge in [-0.3, -0.25) is 14.6 Å². The molecule has 1 aromatic heterocycles. The molecule has 3 heterocycles. The van der Waals surface area contributed by atoms with E-state index in [1.165, 1.54) is 0 Å². The third-order valence-corrected chi connectivity index (χ3v) is 6.99. The minimum atomic E-state index is -0.689. The molecule has 2 amide bonds. The number of carbonyl (C=O) groups is 2. The highest BCUT2D eigenvalue weighted by molar-refractivity contribution is 6.32. The minimum Gasteiger partial charge on any atom is -0.369 e. The van der Waals surface area contributed by atoms with Gasteiger partial charge in [-0.25, -0.2) is 4.98 Å². The number of benzene rings is 2. The van der Waals surface area contributed by atoms with Gasteiger partial charge in [0.25, 0.3) is 0 Å². The van der Waals surface area contributed by atoms with Crippen LogP contribution in [0.1, 0.15) is 23.1 Å². The second-order valence-corrected chi connectivity index (χ2v) is 9.55. The van der Waals surface area contributed by atoms with Crippen LogP contribution < -0.4 is 16.0 Å². The summed E-state index contributed by atoms with van der Waals surface area (Å²) in [5.74, 6) is 0.0917. The number of nitrogens with zero attached hydrogens (tertiary/aromatic N) is 3. The number of rotatable bonds is 5. The molecule has 7 nitrogen and oxygen atoms in total. The molecule has 5 rings (SSSR count). The number of carbonyl (C=O) groups excluding carboxylic acids is 2. The Labute approximate surface area is 213 Å². The molecule has 0 saturated carbocycles. The van der Waals surface area contributed by atoms with Gasteiger partial charge in [-0.1, -0.05) is 41.4 Å². The van der Waals surface area contributed by atoms with Crippen molar-refractivity contribution in [1.29, 1.82) is 0 Å². The first kappa shape index (κ1) is 23.3. The minimum absolute atomic E-state index is 0.167. The van der Waals surface area contributed by atoms with Crippen molar-refractivity contribution in [1.82, 2.24) is 4.98 Å². The number of anilines is 2. The molecule has 2 aliphatic rings. The average Bonchev–Trinajstić information content (AvgIpc) is 3.30. The summed E-state index contributed by atoms with van der Waals surface area (Å²) in [5.41, 5.74) is 9.03. The lowest BCUT2D eigenvalue weighted by Gasteiger charge is -2.18. The number of aliphatic imine (C=N–C) groups is 1. The smallest absolute Gasteiger partial charge is 0.249 e. The average molecular weight is 508 g/mol. The number of aromatic nitrogens is 1. The number of fused-ring (bicyclic) bond motifs is 1. The summed E-state index contributed by atoms with van der Waals surface area (Å²) in [5, 5.41) is 4.11. The van der Waals surface area contributed by atoms with Crippen molar-refractivity contribution in [2.45, 2.75) is 18.9 Å². The number of benzodiazepines with no additional fused rings is 1. The molecule has 3 N–H and O–H groups in total. The summed E-state index contributed by atoms with van der Waals surface area (Å²) in [7, 11) is 0. The molecule has 35 heavy (non-hydrogen) atoms. The van der Waals surface area contributed by atoms with E-state index in [1.807, 2.05) is 35.2 Å². The van der Waals surface area contributed by atoms with Gasteiger partial charge < -0.3 is 16.0 Å². The summed E-state index contributed by atoms with van der Waals surface area (Å²) in [4.78, 5) is 36.2. The summed E-state index contributed by atoms with van der Waals surface area (Å²) in [6, 6.07) is 15.9. The van der Waals surface area contributed by atoms with Gasteiger partial charge in [-0.05, 0) is 48.4 Å². The van der Waals surface area contributed by atoms with Gasteiger partial charge >= 0.3 is 0 Å². The van der Waals surface area contributed by atoms with E-state index in [1.54, 1.807) is 30.5 Å². The Morgan fingerprint density at radius 3 is 2.69 bits per heavy atom. The van der Waals surface area contributed by atoms with Crippen LogP contribution in [0.25, 0.3) is 0 Å². The van der Waals surface area contributed by atoms with E-state index in [9.17, 15) is 9.59 Å². The second kappa shape index (κ2) is 9.68. The zero-order chi connectivity index (χ0) is 24.5. The largest absolute Gasteiger partial charge is 0.369 e. The normalized spacial score (nSPS) is 19.5. The van der Waals surface area contributed by atoms with E-state index in [0.29, 0.717) is 34.4 Å². The number of primary amides is 1. The maximum absolute atomic E-state index is 13.1. The quantitative estimate of drug-likeness (QED) is 0.542. The van der Waals surface area contributed by atoms with Crippen molar-refractivity contribution in [3.05, 3.63) is 87.5 Å². The molecular weight excluding hydrogens is 485 g/mol. The van der Waals surface area contributed by atoms with Gasteiger partial charge in [0.15, 0.2) is 0 Å². The van der Waals surface area contributed by atoms with Crippen LogP contribution in [0.3, 0.4) is 0 Å². The fourth-order valence-electron chi connectivity index (χ4n) is 4.48. The number of hydrogen-bond acceptors (Lipinski definition) is 5. The molecule has 0 aliphatic carbocycles. The third kappa shape index (κ3) is 4.88. The molecule has 2 unspecified atom stereocenters. The Balaban J connectivity index is 1.51. The van der Waals surface area contributed by atoms with E-state index in [-0.39, 0.29) is 17.7 Å². The van der Waals surface area contributed by atoms with E-state index in [0.717, 1.165) is 35.5 Å². The fourth-order valence-corrected chi connectivity index (χ4v) is 4.86. The van der Waals surface area contributed by atoms with Crippen LogP contribution in [0.5, 0.6) is 0 Å². The van der Waals surface area contributed by atoms with Gasteiger partial charge in [0.05, 0.1) is 17.3 Å². The molecular formula is C26H23Cl2N5O2. The summed E-state index contributed by atoms with van der Waals surface area (Å²) >= 11 is 12.7. The molecule has 178 valence electrons. The molecule has 1 fully saturated rings. The van der Waals surface area contributed by atoms with Gasteiger partial charge in [0.1, 0.15) is 11.9 Å². The molecule has 2 aromatic carbocycles. The molecule has 0 spiro atoms. The predicted octanol–water partition coefficient (Wildman–Crippen LogP) is 4.10. The van der Waals surface area contributed by atoms with Gasteiger partial charge in [-0.2, -0.15) is 0 Å². The Kier molecular flexibility index (Phi) is 6.45. The number of hydrogen-bond donors (Lipinski definition) is 2. The van der Waals surface area contributed by atoms with Crippen molar-refractivity contribution in [2.24, 2.45) is 16.6 Å². The lowest BCUT2D eigenvalue weighted by atomic mass is 10.0. The van der Waals surface area contributed by atoms with Crippen molar-refractivity contribution in [2.75, 3.05) is 23.3 Å². The van der Waals surface area contributed by atoms with Crippen LogP contribution in [-0.2, 0) is 16.0 Å². The first-order valence-electron chi connectivity index (χ1n) is 11.3. The standard InChI is InChI=1S/C26H23Cl2N5O2/c27-18-6-7-21-19(12-18)24(31-22(26(35)32-21)11-15-3-1-2-4-20(15)28)16-5-8-23(30-13-16)33-10-9-17(14-33)25(29)34/h1-8,12-13,17,22H,9-11,14H2,(H2,29,34)(H,32,35). The predicted molar refractivity (Wildman–Crippen MR) is 138 cm³/mol. The molecule has 0 bridgehead atoms. The SMILES string of the molecule is NC(=O)C1CCN(c2ccc(C3=NC(Cc4ccccc4Cl)C(=O)Nc4ccc(Cl)cc43)cn2)C1. The number of nitrogens with two attached hydrogens (primary N) is 1. The first-order valence-corrected chi connectivity index (χ1v) is 12.1. The third-order valence-electron chi connectivity index (χ3n) is 6.39. The number of pyridine rings is 1. The zero-order valence-electron chi connectivity index (χ0n) is 18.7. The summed E-state index contributed by atoms with van der Waals surface area (Å²) < 4.78 is 0. The number of nitrogens with one attached hydrogen (secondary N) is 1. The van der Waals surface area contributed by atoms with Crippen LogP contribution in [0.4, 0.5) is 11.5 Å². The van der Waals surface area contributed by atoms with Crippen LogP contribution in [0, 0.1) is 5.92 Å². The molecule has 1 saturated heterocycles. The molecule has 2 aliphatic heterocycles. The maximum atomic E-state index is 13.1. The van der Waals surface area contributed by atoms with E-state index in [4.69, 9.17) is 33.9 Å². The highest BCUT2D eigenvalue weighted by atomic mass is 35.5. The lowest BCUT2D eigenvalue weighted by molar-refractivity contribution is -0.121. The highest BCUT2D eigenvalue weighted by Gasteiger charge is 2.29. The van der Waals surface area contributed by atoms with Crippen LogP contribution in [-0.4, -0.2) is 41.6 Å². The second-order valence-electron chi connectivity index (χ2n) is 8.71. The van der Waals surface area contributed by atoms with Crippen molar-refractivity contribution < 1.29 is 9.59 Å². The van der Waals surface area contributed by atoms with Gasteiger partial charge in [0, 0.05) is 46.9 Å². The monoisotopic (exact) mass is 507 g/mol. The Morgan fingerprint density at radius 2 is 1.97 bits per heavy atom. The van der Waals surface area contributed by atoms with E-state index in [2.05, 4.69) is 10.3 Å². The Hall–Kier alpha value is -3.42.